The lowest BCUT2D eigenvalue weighted by Gasteiger charge is -2.32. The minimum Gasteiger partial charge on any atom is -0.382 e. The van der Waals surface area contributed by atoms with Crippen molar-refractivity contribution in [2.75, 3.05) is 5.32 Å². The Morgan fingerprint density at radius 1 is 1.14 bits per heavy atom. The molecule has 0 saturated heterocycles. The molecular formula is C18H23ClN2. The molecule has 1 aromatic carbocycles. The molecule has 21 heavy (non-hydrogen) atoms. The van der Waals surface area contributed by atoms with Gasteiger partial charge in [-0.15, -0.1) is 0 Å². The van der Waals surface area contributed by atoms with Crippen molar-refractivity contribution in [3.63, 3.8) is 0 Å². The molecular weight excluding hydrogens is 280 g/mol. The second-order valence-electron chi connectivity index (χ2n) is 6.49. The van der Waals surface area contributed by atoms with E-state index in [0.29, 0.717) is 6.04 Å². The van der Waals surface area contributed by atoms with Gasteiger partial charge in [0.05, 0.1) is 10.5 Å². The Morgan fingerprint density at radius 2 is 1.90 bits per heavy atom. The number of pyridine rings is 1. The Bertz CT molecular complexity index is 616. The average molecular weight is 303 g/mol. The second kappa shape index (κ2) is 6.23. The lowest BCUT2D eigenvalue weighted by Crippen LogP contribution is -2.28. The molecule has 0 spiro atoms. The molecule has 1 aliphatic rings. The van der Waals surface area contributed by atoms with Crippen LogP contribution in [-0.2, 0) is 0 Å². The fraction of sp³-hybridized carbons (Fsp3) is 0.500. The van der Waals surface area contributed by atoms with Crippen LogP contribution in [0.1, 0.15) is 39.5 Å². The molecule has 0 radical (unpaired) electrons. The molecule has 1 aromatic heterocycles. The third-order valence-electron chi connectivity index (χ3n) is 4.79. The first-order valence-electron chi connectivity index (χ1n) is 7.95. The monoisotopic (exact) mass is 302 g/mol. The summed E-state index contributed by atoms with van der Waals surface area (Å²) in [7, 11) is 0. The fourth-order valence-electron chi connectivity index (χ4n) is 3.41. The number of rotatable bonds is 3. The number of anilines is 1. The van der Waals surface area contributed by atoms with Crippen LogP contribution in [-0.4, -0.2) is 11.0 Å². The minimum atomic E-state index is 0.574. The lowest BCUT2D eigenvalue weighted by atomic mass is 9.79. The van der Waals surface area contributed by atoms with E-state index >= 15 is 0 Å². The number of fused-ring (bicyclic) bond motifs is 1. The van der Waals surface area contributed by atoms with Gasteiger partial charge in [0, 0.05) is 23.3 Å². The minimum absolute atomic E-state index is 0.574. The molecule has 1 aliphatic carbocycles. The van der Waals surface area contributed by atoms with Gasteiger partial charge in [0.15, 0.2) is 0 Å². The predicted molar refractivity (Wildman–Crippen MR) is 91.0 cm³/mol. The third-order valence-corrected chi connectivity index (χ3v) is 5.10. The van der Waals surface area contributed by atoms with E-state index in [4.69, 9.17) is 11.6 Å². The van der Waals surface area contributed by atoms with E-state index in [9.17, 15) is 0 Å². The predicted octanol–water partition coefficient (Wildman–Crippen LogP) is 5.51. The van der Waals surface area contributed by atoms with Gasteiger partial charge < -0.3 is 5.32 Å². The van der Waals surface area contributed by atoms with Crippen molar-refractivity contribution in [1.82, 2.24) is 4.98 Å². The molecule has 3 rings (SSSR count). The van der Waals surface area contributed by atoms with Gasteiger partial charge >= 0.3 is 0 Å². The van der Waals surface area contributed by atoms with Gasteiger partial charge in [-0.2, -0.15) is 0 Å². The molecule has 1 fully saturated rings. The molecule has 3 heteroatoms. The summed E-state index contributed by atoms with van der Waals surface area (Å²) in [5.74, 6) is 1.71. The highest BCUT2D eigenvalue weighted by Gasteiger charge is 2.23. The highest BCUT2D eigenvalue weighted by molar-refractivity contribution is 6.35. The number of aromatic nitrogens is 1. The zero-order chi connectivity index (χ0) is 14.8. The third kappa shape index (κ3) is 3.16. The summed E-state index contributed by atoms with van der Waals surface area (Å²) in [6, 6.07) is 8.67. The Morgan fingerprint density at radius 3 is 2.62 bits per heavy atom. The number of nitrogens with zero attached hydrogens (tertiary/aromatic N) is 1. The maximum atomic E-state index is 6.24. The fourth-order valence-corrected chi connectivity index (χ4v) is 3.63. The van der Waals surface area contributed by atoms with Crippen LogP contribution in [0.5, 0.6) is 0 Å². The van der Waals surface area contributed by atoms with Crippen LogP contribution < -0.4 is 5.32 Å². The van der Waals surface area contributed by atoms with Crippen molar-refractivity contribution in [3.8, 4) is 0 Å². The summed E-state index contributed by atoms with van der Waals surface area (Å²) >= 11 is 6.24. The molecule has 112 valence electrons. The van der Waals surface area contributed by atoms with E-state index in [1.807, 2.05) is 12.1 Å². The quantitative estimate of drug-likeness (QED) is 0.808. The Labute approximate surface area is 131 Å². The van der Waals surface area contributed by atoms with Gasteiger partial charge in [-0.1, -0.05) is 25.4 Å². The summed E-state index contributed by atoms with van der Waals surface area (Å²) in [6.07, 6.45) is 6.98. The summed E-state index contributed by atoms with van der Waals surface area (Å²) < 4.78 is 0. The summed E-state index contributed by atoms with van der Waals surface area (Å²) in [5.41, 5.74) is 2.05. The van der Waals surface area contributed by atoms with Crippen LogP contribution in [0.2, 0.25) is 5.02 Å². The molecule has 1 saturated carbocycles. The maximum absolute atomic E-state index is 6.24. The molecule has 2 aromatic rings. The molecule has 0 atom stereocenters. The van der Waals surface area contributed by atoms with Gasteiger partial charge in [-0.25, -0.2) is 0 Å². The van der Waals surface area contributed by atoms with E-state index in [2.05, 4.69) is 36.3 Å². The van der Waals surface area contributed by atoms with Crippen LogP contribution in [0.4, 0.5) is 5.69 Å². The van der Waals surface area contributed by atoms with E-state index < -0.39 is 0 Å². The van der Waals surface area contributed by atoms with Crippen LogP contribution in [0.15, 0.2) is 30.5 Å². The van der Waals surface area contributed by atoms with E-state index in [0.717, 1.165) is 33.4 Å². The first-order chi connectivity index (χ1) is 10.1. The van der Waals surface area contributed by atoms with Crippen molar-refractivity contribution in [3.05, 3.63) is 35.5 Å². The van der Waals surface area contributed by atoms with Gasteiger partial charge in [-0.3, -0.25) is 4.98 Å². The Hall–Kier alpha value is -1.28. The van der Waals surface area contributed by atoms with Gasteiger partial charge in [0.2, 0.25) is 0 Å². The second-order valence-corrected chi connectivity index (χ2v) is 6.90. The van der Waals surface area contributed by atoms with Crippen LogP contribution in [0.3, 0.4) is 0 Å². The van der Waals surface area contributed by atoms with Crippen molar-refractivity contribution >= 4 is 28.2 Å². The van der Waals surface area contributed by atoms with Crippen molar-refractivity contribution in [2.45, 2.75) is 45.6 Å². The molecule has 0 amide bonds. The molecule has 1 heterocycles. The molecule has 0 bridgehead atoms. The highest BCUT2D eigenvalue weighted by atomic mass is 35.5. The zero-order valence-corrected chi connectivity index (χ0v) is 13.5. The molecule has 0 aliphatic heterocycles. The van der Waals surface area contributed by atoms with Gasteiger partial charge in [-0.05, 0) is 61.8 Å². The number of halogens is 1. The van der Waals surface area contributed by atoms with E-state index in [-0.39, 0.29) is 0 Å². The van der Waals surface area contributed by atoms with Crippen LogP contribution in [0, 0.1) is 11.8 Å². The van der Waals surface area contributed by atoms with Crippen molar-refractivity contribution in [2.24, 2.45) is 11.8 Å². The standard InChI is InChI=1S/C18H23ClN2/c1-12(2)13-5-7-14(8-6-13)21-17-10-9-16(19)18-15(17)4-3-11-20-18/h3-4,9-14,21H,5-8H2,1-2H3. The topological polar surface area (TPSA) is 24.9 Å². The largest absolute Gasteiger partial charge is 0.382 e. The molecule has 2 nitrogen and oxygen atoms in total. The SMILES string of the molecule is CC(C)C1CCC(Nc2ccc(Cl)c3ncccc23)CC1. The van der Waals surface area contributed by atoms with Crippen LogP contribution >= 0.6 is 11.6 Å². The number of hydrogen-bond acceptors (Lipinski definition) is 2. The van der Waals surface area contributed by atoms with Gasteiger partial charge in [0.25, 0.3) is 0 Å². The van der Waals surface area contributed by atoms with E-state index in [1.165, 1.54) is 25.7 Å². The van der Waals surface area contributed by atoms with E-state index in [1.54, 1.807) is 6.20 Å². The highest BCUT2D eigenvalue weighted by Crippen LogP contribution is 2.33. The lowest BCUT2D eigenvalue weighted by molar-refractivity contribution is 0.267. The first kappa shape index (κ1) is 14.6. The number of benzene rings is 1. The smallest absolute Gasteiger partial charge is 0.0908 e. The maximum Gasteiger partial charge on any atom is 0.0908 e. The number of nitrogens with one attached hydrogen (secondary N) is 1. The average Bonchev–Trinajstić information content (AvgIpc) is 2.51. The van der Waals surface area contributed by atoms with Gasteiger partial charge in [0.1, 0.15) is 0 Å². The molecule has 0 unspecified atom stereocenters. The first-order valence-corrected chi connectivity index (χ1v) is 8.32. The Balaban J connectivity index is 1.76. The normalized spacial score (nSPS) is 22.7. The van der Waals surface area contributed by atoms with Crippen LogP contribution in [0.25, 0.3) is 10.9 Å². The van der Waals surface area contributed by atoms with Crippen molar-refractivity contribution < 1.29 is 0 Å². The number of hydrogen-bond donors (Lipinski definition) is 1. The summed E-state index contributed by atoms with van der Waals surface area (Å²) in [5, 5.41) is 5.56. The summed E-state index contributed by atoms with van der Waals surface area (Å²) in [6.45, 7) is 4.69. The Kier molecular flexibility index (Phi) is 4.34. The summed E-state index contributed by atoms with van der Waals surface area (Å²) in [4.78, 5) is 4.40. The zero-order valence-electron chi connectivity index (χ0n) is 12.8. The van der Waals surface area contributed by atoms with Crippen molar-refractivity contribution in [1.29, 1.82) is 0 Å². The molecule has 1 N–H and O–H groups in total.